The zero-order valence-electron chi connectivity index (χ0n) is 9.86. The Balaban J connectivity index is 2.03. The SMILES string of the molecule is CCOc1nc(Cl)nc(OC2CCCCC2)n1. The summed E-state index contributed by atoms with van der Waals surface area (Å²) in [5.74, 6) is 0. The van der Waals surface area contributed by atoms with E-state index < -0.39 is 0 Å². The van der Waals surface area contributed by atoms with Gasteiger partial charge < -0.3 is 9.47 Å². The van der Waals surface area contributed by atoms with Crippen LogP contribution in [0.15, 0.2) is 0 Å². The molecule has 0 N–H and O–H groups in total. The highest BCUT2D eigenvalue weighted by Crippen LogP contribution is 2.22. The van der Waals surface area contributed by atoms with E-state index in [0.717, 1.165) is 12.8 Å². The highest BCUT2D eigenvalue weighted by Gasteiger charge is 2.17. The molecular weight excluding hydrogens is 242 g/mol. The Morgan fingerprint density at radius 1 is 1.12 bits per heavy atom. The third-order valence-electron chi connectivity index (χ3n) is 2.66. The first-order valence-corrected chi connectivity index (χ1v) is 6.36. The Morgan fingerprint density at radius 2 is 1.82 bits per heavy atom. The average molecular weight is 258 g/mol. The van der Waals surface area contributed by atoms with Crippen molar-refractivity contribution in [1.82, 2.24) is 15.0 Å². The predicted molar refractivity (Wildman–Crippen MR) is 63.5 cm³/mol. The molecule has 1 aliphatic carbocycles. The number of aromatic nitrogens is 3. The molecule has 0 amide bonds. The Kier molecular flexibility index (Phi) is 4.36. The van der Waals surface area contributed by atoms with Gasteiger partial charge in [0.25, 0.3) is 0 Å². The summed E-state index contributed by atoms with van der Waals surface area (Å²) in [6.45, 7) is 2.35. The van der Waals surface area contributed by atoms with Gasteiger partial charge in [0.15, 0.2) is 0 Å². The van der Waals surface area contributed by atoms with Crippen LogP contribution < -0.4 is 9.47 Å². The monoisotopic (exact) mass is 257 g/mol. The van der Waals surface area contributed by atoms with Gasteiger partial charge in [-0.15, -0.1) is 4.98 Å². The second-order valence-electron chi connectivity index (χ2n) is 3.98. The molecule has 5 nitrogen and oxygen atoms in total. The topological polar surface area (TPSA) is 57.1 Å². The number of nitrogens with zero attached hydrogens (tertiary/aromatic N) is 3. The molecule has 1 heterocycles. The molecule has 94 valence electrons. The van der Waals surface area contributed by atoms with Crippen LogP contribution in [0.4, 0.5) is 0 Å². The normalized spacial score (nSPS) is 16.8. The van der Waals surface area contributed by atoms with E-state index in [1.807, 2.05) is 6.92 Å². The zero-order valence-corrected chi connectivity index (χ0v) is 10.6. The summed E-state index contributed by atoms with van der Waals surface area (Å²) < 4.78 is 10.9. The van der Waals surface area contributed by atoms with Crippen LogP contribution in [0.1, 0.15) is 39.0 Å². The third kappa shape index (κ3) is 3.70. The van der Waals surface area contributed by atoms with E-state index in [2.05, 4.69) is 15.0 Å². The average Bonchev–Trinajstić information content (AvgIpc) is 2.30. The van der Waals surface area contributed by atoms with E-state index in [9.17, 15) is 0 Å². The predicted octanol–water partition coefficient (Wildman–Crippen LogP) is 2.64. The second kappa shape index (κ2) is 6.00. The van der Waals surface area contributed by atoms with Gasteiger partial charge in [-0.1, -0.05) is 6.42 Å². The molecule has 6 heteroatoms. The molecule has 17 heavy (non-hydrogen) atoms. The molecule has 0 aliphatic heterocycles. The van der Waals surface area contributed by atoms with Crippen LogP contribution in [-0.2, 0) is 0 Å². The van der Waals surface area contributed by atoms with Crippen molar-refractivity contribution in [3.05, 3.63) is 5.28 Å². The standard InChI is InChI=1S/C11H16ClN3O2/c1-2-16-10-13-9(12)14-11(15-10)17-8-6-4-3-5-7-8/h8H,2-7H2,1H3. The second-order valence-corrected chi connectivity index (χ2v) is 4.32. The van der Waals surface area contributed by atoms with E-state index in [1.54, 1.807) is 0 Å². The molecule has 0 saturated heterocycles. The van der Waals surface area contributed by atoms with Gasteiger partial charge >= 0.3 is 12.0 Å². The maximum absolute atomic E-state index is 5.78. The van der Waals surface area contributed by atoms with Crippen molar-refractivity contribution in [3.8, 4) is 12.0 Å². The van der Waals surface area contributed by atoms with Gasteiger partial charge in [0.2, 0.25) is 5.28 Å². The lowest BCUT2D eigenvalue weighted by molar-refractivity contribution is 0.139. The number of hydrogen-bond donors (Lipinski definition) is 0. The maximum atomic E-state index is 5.78. The quantitative estimate of drug-likeness (QED) is 0.830. The minimum absolute atomic E-state index is 0.106. The van der Waals surface area contributed by atoms with Crippen molar-refractivity contribution in [2.24, 2.45) is 0 Å². The zero-order chi connectivity index (χ0) is 12.1. The Labute approximate surface area is 106 Å². The Bertz CT molecular complexity index is 370. The minimum Gasteiger partial charge on any atom is -0.464 e. The summed E-state index contributed by atoms with van der Waals surface area (Å²) in [6.07, 6.45) is 5.96. The molecule has 2 rings (SSSR count). The summed E-state index contributed by atoms with van der Waals surface area (Å²) in [5, 5.41) is 0.106. The van der Waals surface area contributed by atoms with E-state index in [0.29, 0.717) is 6.61 Å². The number of halogens is 1. The van der Waals surface area contributed by atoms with E-state index in [-0.39, 0.29) is 23.4 Å². The molecule has 0 aromatic carbocycles. The van der Waals surface area contributed by atoms with Crippen LogP contribution >= 0.6 is 11.6 Å². The first-order valence-electron chi connectivity index (χ1n) is 5.99. The summed E-state index contributed by atoms with van der Waals surface area (Å²) in [7, 11) is 0. The van der Waals surface area contributed by atoms with Crippen LogP contribution in [0.5, 0.6) is 12.0 Å². The minimum atomic E-state index is 0.106. The summed E-state index contributed by atoms with van der Waals surface area (Å²) in [4.78, 5) is 11.9. The van der Waals surface area contributed by atoms with Crippen molar-refractivity contribution in [3.63, 3.8) is 0 Å². The largest absolute Gasteiger partial charge is 0.464 e. The summed E-state index contributed by atoms with van der Waals surface area (Å²) >= 11 is 5.78. The number of hydrogen-bond acceptors (Lipinski definition) is 5. The van der Waals surface area contributed by atoms with Crippen molar-refractivity contribution >= 4 is 11.6 Å². The van der Waals surface area contributed by atoms with Gasteiger partial charge in [0.1, 0.15) is 6.10 Å². The fourth-order valence-electron chi connectivity index (χ4n) is 1.89. The number of ether oxygens (including phenoxy) is 2. The first-order chi connectivity index (χ1) is 8.28. The fraction of sp³-hybridized carbons (Fsp3) is 0.727. The van der Waals surface area contributed by atoms with Crippen molar-refractivity contribution < 1.29 is 9.47 Å². The Morgan fingerprint density at radius 3 is 2.53 bits per heavy atom. The van der Waals surface area contributed by atoms with Gasteiger partial charge in [-0.3, -0.25) is 0 Å². The Hall–Kier alpha value is -1.10. The van der Waals surface area contributed by atoms with E-state index in [4.69, 9.17) is 21.1 Å². The van der Waals surface area contributed by atoms with Crippen LogP contribution in [0.2, 0.25) is 5.28 Å². The van der Waals surface area contributed by atoms with Gasteiger partial charge in [0.05, 0.1) is 6.61 Å². The van der Waals surface area contributed by atoms with Crippen LogP contribution in [0.25, 0.3) is 0 Å². The molecule has 1 fully saturated rings. The lowest BCUT2D eigenvalue weighted by Crippen LogP contribution is -2.21. The van der Waals surface area contributed by atoms with Crippen LogP contribution in [0.3, 0.4) is 0 Å². The first kappa shape index (κ1) is 12.4. The van der Waals surface area contributed by atoms with Crippen molar-refractivity contribution in [1.29, 1.82) is 0 Å². The van der Waals surface area contributed by atoms with E-state index >= 15 is 0 Å². The smallest absolute Gasteiger partial charge is 0.324 e. The van der Waals surface area contributed by atoms with Crippen LogP contribution in [-0.4, -0.2) is 27.7 Å². The molecule has 0 unspecified atom stereocenters. The van der Waals surface area contributed by atoms with Gasteiger partial charge in [-0.2, -0.15) is 9.97 Å². The molecule has 1 saturated carbocycles. The maximum Gasteiger partial charge on any atom is 0.324 e. The molecule has 0 bridgehead atoms. The van der Waals surface area contributed by atoms with Gasteiger partial charge in [-0.25, -0.2) is 0 Å². The lowest BCUT2D eigenvalue weighted by Gasteiger charge is -2.21. The molecule has 1 aromatic heterocycles. The number of rotatable bonds is 4. The summed E-state index contributed by atoms with van der Waals surface area (Å²) in [5.41, 5.74) is 0. The molecular formula is C11H16ClN3O2. The fourth-order valence-corrected chi connectivity index (χ4v) is 2.04. The highest BCUT2D eigenvalue weighted by atomic mass is 35.5. The molecule has 1 aromatic rings. The third-order valence-corrected chi connectivity index (χ3v) is 2.83. The van der Waals surface area contributed by atoms with Crippen LogP contribution in [0, 0.1) is 0 Å². The summed E-state index contributed by atoms with van der Waals surface area (Å²) in [6, 6.07) is 0.485. The molecule has 0 atom stereocenters. The molecule has 0 spiro atoms. The van der Waals surface area contributed by atoms with Crippen molar-refractivity contribution in [2.75, 3.05) is 6.61 Å². The molecule has 1 aliphatic rings. The lowest BCUT2D eigenvalue weighted by atomic mass is 9.98. The van der Waals surface area contributed by atoms with E-state index in [1.165, 1.54) is 19.3 Å². The molecule has 0 radical (unpaired) electrons. The van der Waals surface area contributed by atoms with Gasteiger partial charge in [0, 0.05) is 0 Å². The van der Waals surface area contributed by atoms with Gasteiger partial charge in [-0.05, 0) is 44.2 Å². The van der Waals surface area contributed by atoms with Crippen molar-refractivity contribution in [2.45, 2.75) is 45.1 Å². The highest BCUT2D eigenvalue weighted by molar-refractivity contribution is 6.28.